The minimum absolute atomic E-state index is 0. The SMILES string of the molecule is Br.CCCCCCCCCCBr. The Bertz CT molecular complexity index is 56.9. The van der Waals surface area contributed by atoms with Crippen molar-refractivity contribution < 1.29 is 0 Å². The summed E-state index contributed by atoms with van der Waals surface area (Å²) in [5.74, 6) is 0. The Hall–Kier alpha value is 0.960. The van der Waals surface area contributed by atoms with Gasteiger partial charge in [-0.3, -0.25) is 0 Å². The molecule has 12 heavy (non-hydrogen) atoms. The van der Waals surface area contributed by atoms with E-state index >= 15 is 0 Å². The fourth-order valence-electron chi connectivity index (χ4n) is 1.23. The Morgan fingerprint density at radius 2 is 1.17 bits per heavy atom. The van der Waals surface area contributed by atoms with Crippen LogP contribution >= 0.6 is 32.9 Å². The molecule has 0 aliphatic carbocycles. The molecule has 0 atom stereocenters. The number of hydrogen-bond donors (Lipinski definition) is 0. The predicted octanol–water partition coefficient (Wildman–Crippen LogP) is 5.10. The summed E-state index contributed by atoms with van der Waals surface area (Å²) in [6.45, 7) is 2.27. The van der Waals surface area contributed by atoms with Crippen LogP contribution in [0.15, 0.2) is 0 Å². The molecule has 0 aliphatic rings. The third-order valence-electron chi connectivity index (χ3n) is 1.99. The van der Waals surface area contributed by atoms with Crippen molar-refractivity contribution in [3.05, 3.63) is 0 Å². The van der Waals surface area contributed by atoms with E-state index in [4.69, 9.17) is 0 Å². The number of hydrogen-bond acceptors (Lipinski definition) is 0. The molecule has 0 nitrogen and oxygen atoms in total. The predicted molar refractivity (Wildman–Crippen MR) is 66.7 cm³/mol. The molecule has 0 unspecified atom stereocenters. The van der Waals surface area contributed by atoms with Crippen molar-refractivity contribution in [2.75, 3.05) is 5.33 Å². The van der Waals surface area contributed by atoms with Crippen molar-refractivity contribution >= 4 is 32.9 Å². The van der Waals surface area contributed by atoms with Crippen LogP contribution in [0.4, 0.5) is 0 Å². The van der Waals surface area contributed by atoms with E-state index < -0.39 is 0 Å². The number of halogens is 2. The van der Waals surface area contributed by atoms with Gasteiger partial charge in [0.2, 0.25) is 0 Å². The maximum absolute atomic E-state index is 3.44. The zero-order valence-electron chi connectivity index (χ0n) is 8.15. The molecule has 0 amide bonds. The van der Waals surface area contributed by atoms with E-state index in [0.29, 0.717) is 0 Å². The molecule has 0 aromatic rings. The van der Waals surface area contributed by atoms with Crippen LogP contribution in [0.2, 0.25) is 0 Å². The van der Waals surface area contributed by atoms with Crippen molar-refractivity contribution in [3.8, 4) is 0 Å². The zero-order chi connectivity index (χ0) is 8.36. The van der Waals surface area contributed by atoms with E-state index in [1.165, 1.54) is 56.7 Å². The summed E-state index contributed by atoms with van der Waals surface area (Å²) >= 11 is 3.44. The van der Waals surface area contributed by atoms with Crippen LogP contribution < -0.4 is 0 Å². The largest absolute Gasteiger partial charge is 0.114 e. The molecular formula is C10H22Br2. The molecule has 2 heteroatoms. The molecule has 0 aromatic carbocycles. The summed E-state index contributed by atoms with van der Waals surface area (Å²) in [4.78, 5) is 0. The summed E-state index contributed by atoms with van der Waals surface area (Å²) in [5.41, 5.74) is 0. The van der Waals surface area contributed by atoms with E-state index in [9.17, 15) is 0 Å². The lowest BCUT2D eigenvalue weighted by molar-refractivity contribution is 0.587. The van der Waals surface area contributed by atoms with Gasteiger partial charge >= 0.3 is 0 Å². The molecule has 0 aromatic heterocycles. The quantitative estimate of drug-likeness (QED) is 0.432. The van der Waals surface area contributed by atoms with Gasteiger partial charge in [0.05, 0.1) is 0 Å². The van der Waals surface area contributed by atoms with Crippen LogP contribution in [-0.2, 0) is 0 Å². The van der Waals surface area contributed by atoms with Gasteiger partial charge in [0.1, 0.15) is 0 Å². The van der Waals surface area contributed by atoms with Gasteiger partial charge in [0.15, 0.2) is 0 Å². The topological polar surface area (TPSA) is 0 Å². The lowest BCUT2D eigenvalue weighted by atomic mass is 10.1. The first-order valence-electron chi connectivity index (χ1n) is 4.97. The first-order valence-corrected chi connectivity index (χ1v) is 6.10. The molecule has 0 saturated heterocycles. The summed E-state index contributed by atoms with van der Waals surface area (Å²) in [5, 5.41) is 1.18. The second-order valence-corrected chi connectivity index (χ2v) is 3.96. The van der Waals surface area contributed by atoms with Crippen molar-refractivity contribution in [2.45, 2.75) is 58.3 Å². The highest BCUT2D eigenvalue weighted by Crippen LogP contribution is 2.08. The van der Waals surface area contributed by atoms with Crippen LogP contribution in [0.1, 0.15) is 58.3 Å². The highest BCUT2D eigenvalue weighted by atomic mass is 79.9. The average Bonchev–Trinajstić information content (AvgIpc) is 2.03. The zero-order valence-corrected chi connectivity index (χ0v) is 11.4. The smallest absolute Gasteiger partial charge is 0.00313 e. The van der Waals surface area contributed by atoms with Crippen molar-refractivity contribution in [1.29, 1.82) is 0 Å². The fourth-order valence-corrected chi connectivity index (χ4v) is 1.62. The third-order valence-corrected chi connectivity index (χ3v) is 2.55. The molecule has 0 heterocycles. The Balaban J connectivity index is 0. The molecular weight excluding hydrogens is 280 g/mol. The molecule has 0 radical (unpaired) electrons. The standard InChI is InChI=1S/C10H21Br.BrH/c1-2-3-4-5-6-7-8-9-10-11;/h2-10H2,1H3;1H. The summed E-state index contributed by atoms with van der Waals surface area (Å²) in [6, 6.07) is 0. The lowest BCUT2D eigenvalue weighted by Crippen LogP contribution is -1.80. The van der Waals surface area contributed by atoms with Gasteiger partial charge in [-0.1, -0.05) is 67.8 Å². The Kier molecular flexibility index (Phi) is 18.6. The van der Waals surface area contributed by atoms with E-state index in [1.54, 1.807) is 0 Å². The highest BCUT2D eigenvalue weighted by Gasteiger charge is 1.89. The van der Waals surface area contributed by atoms with E-state index in [1.807, 2.05) is 0 Å². The molecule has 0 bridgehead atoms. The van der Waals surface area contributed by atoms with Gasteiger partial charge in [0.25, 0.3) is 0 Å². The first kappa shape index (κ1) is 15.4. The second-order valence-electron chi connectivity index (χ2n) is 3.16. The summed E-state index contributed by atoms with van der Waals surface area (Å²) in [7, 11) is 0. The molecule has 0 saturated carbocycles. The highest BCUT2D eigenvalue weighted by molar-refractivity contribution is 9.09. The fraction of sp³-hybridized carbons (Fsp3) is 1.00. The third kappa shape index (κ3) is 13.5. The van der Waals surface area contributed by atoms with Crippen molar-refractivity contribution in [2.24, 2.45) is 0 Å². The number of unbranched alkanes of at least 4 members (excludes halogenated alkanes) is 7. The first-order chi connectivity index (χ1) is 5.41. The van der Waals surface area contributed by atoms with Crippen molar-refractivity contribution in [1.82, 2.24) is 0 Å². The molecule has 0 aliphatic heterocycles. The minimum atomic E-state index is 0. The van der Waals surface area contributed by atoms with E-state index in [2.05, 4.69) is 22.9 Å². The maximum atomic E-state index is 3.44. The number of alkyl halides is 1. The van der Waals surface area contributed by atoms with Crippen LogP contribution in [0.5, 0.6) is 0 Å². The van der Waals surface area contributed by atoms with Gasteiger partial charge in [-0.15, -0.1) is 17.0 Å². The normalized spacial score (nSPS) is 9.50. The Morgan fingerprint density at radius 3 is 1.58 bits per heavy atom. The minimum Gasteiger partial charge on any atom is -0.114 e. The summed E-state index contributed by atoms with van der Waals surface area (Å²) in [6.07, 6.45) is 11.4. The molecule has 0 spiro atoms. The molecule has 76 valence electrons. The maximum Gasteiger partial charge on any atom is 0.00313 e. The molecule has 0 N–H and O–H groups in total. The van der Waals surface area contributed by atoms with Gasteiger partial charge in [-0.25, -0.2) is 0 Å². The summed E-state index contributed by atoms with van der Waals surface area (Å²) < 4.78 is 0. The van der Waals surface area contributed by atoms with Crippen LogP contribution in [0, 0.1) is 0 Å². The Morgan fingerprint density at radius 1 is 0.750 bits per heavy atom. The molecule has 0 fully saturated rings. The second kappa shape index (κ2) is 14.5. The van der Waals surface area contributed by atoms with Crippen LogP contribution in [0.25, 0.3) is 0 Å². The monoisotopic (exact) mass is 300 g/mol. The van der Waals surface area contributed by atoms with E-state index in [0.717, 1.165) is 0 Å². The number of rotatable bonds is 8. The lowest BCUT2D eigenvalue weighted by Gasteiger charge is -1.98. The van der Waals surface area contributed by atoms with Crippen LogP contribution in [0.3, 0.4) is 0 Å². The van der Waals surface area contributed by atoms with Gasteiger partial charge in [0, 0.05) is 5.33 Å². The molecule has 0 rings (SSSR count). The van der Waals surface area contributed by atoms with Gasteiger partial charge in [-0.2, -0.15) is 0 Å². The van der Waals surface area contributed by atoms with Crippen molar-refractivity contribution in [3.63, 3.8) is 0 Å². The Labute approximate surface area is 96.4 Å². The van der Waals surface area contributed by atoms with Crippen LogP contribution in [-0.4, -0.2) is 5.33 Å². The van der Waals surface area contributed by atoms with Gasteiger partial charge < -0.3 is 0 Å². The average molecular weight is 302 g/mol. The van der Waals surface area contributed by atoms with E-state index in [-0.39, 0.29) is 17.0 Å². The van der Waals surface area contributed by atoms with Gasteiger partial charge in [-0.05, 0) is 6.42 Å².